The number of halogens is 1. The molecule has 0 aliphatic carbocycles. The van der Waals surface area contributed by atoms with Crippen molar-refractivity contribution in [3.8, 4) is 0 Å². The number of nitrogens with zero attached hydrogens (tertiary/aromatic N) is 3. The van der Waals surface area contributed by atoms with Gasteiger partial charge in [0.05, 0.1) is 12.5 Å². The van der Waals surface area contributed by atoms with Crippen molar-refractivity contribution in [1.82, 2.24) is 15.0 Å². The summed E-state index contributed by atoms with van der Waals surface area (Å²) in [5, 5.41) is 6.56. The zero-order valence-corrected chi connectivity index (χ0v) is 16.4. The maximum absolute atomic E-state index is 13.2. The number of aromatic nitrogens is 2. The average Bonchev–Trinajstić information content (AvgIpc) is 3.19. The fourth-order valence-corrected chi connectivity index (χ4v) is 3.30. The Balaban J connectivity index is 1.47. The minimum absolute atomic E-state index is 0.00221. The molecule has 0 radical (unpaired) electrons. The standard InChI is InChI=1S/C20H25FN4O4/c1-28-11-9-17-23-20(29-24-17)14-4-3-10-25(13-14)19(27)8-7-18(26)22-16-6-2-5-15(21)12-16/h2,5-6,12,14H,3-4,7-11,13H2,1H3,(H,22,26). The van der Waals surface area contributed by atoms with Crippen molar-refractivity contribution in [3.63, 3.8) is 0 Å². The van der Waals surface area contributed by atoms with Crippen LogP contribution in [0, 0.1) is 5.82 Å². The molecule has 1 aliphatic rings. The highest BCUT2D eigenvalue weighted by atomic mass is 19.1. The molecule has 1 aromatic heterocycles. The molecular weight excluding hydrogens is 379 g/mol. The zero-order valence-electron chi connectivity index (χ0n) is 16.4. The first-order valence-corrected chi connectivity index (χ1v) is 9.69. The highest BCUT2D eigenvalue weighted by Gasteiger charge is 2.28. The van der Waals surface area contributed by atoms with Crippen LogP contribution in [-0.4, -0.2) is 53.7 Å². The summed E-state index contributed by atoms with van der Waals surface area (Å²) in [5.74, 6) is 0.291. The van der Waals surface area contributed by atoms with Crippen molar-refractivity contribution >= 4 is 17.5 Å². The van der Waals surface area contributed by atoms with E-state index in [9.17, 15) is 14.0 Å². The summed E-state index contributed by atoms with van der Waals surface area (Å²) in [5.41, 5.74) is 0.376. The van der Waals surface area contributed by atoms with Crippen molar-refractivity contribution in [2.24, 2.45) is 0 Å². The van der Waals surface area contributed by atoms with Gasteiger partial charge in [0.2, 0.25) is 17.7 Å². The third kappa shape index (κ3) is 6.08. The molecule has 29 heavy (non-hydrogen) atoms. The van der Waals surface area contributed by atoms with E-state index in [1.165, 1.54) is 18.2 Å². The number of carbonyl (C=O) groups is 2. The second kappa shape index (κ2) is 10.1. The normalized spacial score (nSPS) is 16.6. The summed E-state index contributed by atoms with van der Waals surface area (Å²) >= 11 is 0. The molecule has 2 aromatic rings. The van der Waals surface area contributed by atoms with E-state index in [4.69, 9.17) is 9.26 Å². The number of piperidine rings is 1. The molecule has 2 heterocycles. The number of benzene rings is 1. The van der Waals surface area contributed by atoms with Gasteiger partial charge >= 0.3 is 0 Å². The lowest BCUT2D eigenvalue weighted by molar-refractivity contribution is -0.134. The van der Waals surface area contributed by atoms with Gasteiger partial charge in [0.15, 0.2) is 5.82 Å². The van der Waals surface area contributed by atoms with Crippen LogP contribution in [0.3, 0.4) is 0 Å². The molecule has 1 aliphatic heterocycles. The van der Waals surface area contributed by atoms with E-state index in [0.29, 0.717) is 43.5 Å². The molecule has 1 aromatic carbocycles. The van der Waals surface area contributed by atoms with Gasteiger partial charge in [-0.3, -0.25) is 9.59 Å². The number of amides is 2. The summed E-state index contributed by atoms with van der Waals surface area (Å²) in [7, 11) is 1.62. The van der Waals surface area contributed by atoms with Gasteiger partial charge in [-0.15, -0.1) is 0 Å². The number of anilines is 1. The van der Waals surface area contributed by atoms with Gasteiger partial charge < -0.3 is 19.5 Å². The molecule has 1 unspecified atom stereocenters. The van der Waals surface area contributed by atoms with Crippen LogP contribution >= 0.6 is 0 Å². The molecule has 1 saturated heterocycles. The molecule has 156 valence electrons. The van der Waals surface area contributed by atoms with Crippen LogP contribution in [-0.2, 0) is 20.7 Å². The van der Waals surface area contributed by atoms with Gasteiger partial charge in [0.1, 0.15) is 5.82 Å². The number of likely N-dealkylation sites (tertiary alicyclic amines) is 1. The first-order chi connectivity index (χ1) is 14.0. The van der Waals surface area contributed by atoms with E-state index in [1.54, 1.807) is 18.1 Å². The third-order valence-electron chi connectivity index (χ3n) is 4.81. The van der Waals surface area contributed by atoms with E-state index >= 15 is 0 Å². The first-order valence-electron chi connectivity index (χ1n) is 9.69. The molecule has 9 heteroatoms. The summed E-state index contributed by atoms with van der Waals surface area (Å²) in [6.45, 7) is 1.66. The Morgan fingerprint density at radius 1 is 1.38 bits per heavy atom. The van der Waals surface area contributed by atoms with E-state index in [-0.39, 0.29) is 30.6 Å². The SMILES string of the molecule is COCCc1noc(C2CCCN(C(=O)CCC(=O)Nc3cccc(F)c3)C2)n1. The third-order valence-corrected chi connectivity index (χ3v) is 4.81. The molecular formula is C20H25FN4O4. The Hall–Kier alpha value is -2.81. The van der Waals surface area contributed by atoms with Gasteiger partial charge in [-0.25, -0.2) is 4.39 Å². The topological polar surface area (TPSA) is 97.6 Å². The molecule has 3 rings (SSSR count). The van der Waals surface area contributed by atoms with Gasteiger partial charge in [0, 0.05) is 45.1 Å². The monoisotopic (exact) mass is 404 g/mol. The minimum Gasteiger partial charge on any atom is -0.384 e. The van der Waals surface area contributed by atoms with Gasteiger partial charge in [-0.1, -0.05) is 11.2 Å². The largest absolute Gasteiger partial charge is 0.384 e. The molecule has 8 nitrogen and oxygen atoms in total. The van der Waals surface area contributed by atoms with Crippen LogP contribution in [0.5, 0.6) is 0 Å². The van der Waals surface area contributed by atoms with Crippen molar-refractivity contribution in [1.29, 1.82) is 0 Å². The van der Waals surface area contributed by atoms with E-state index in [1.807, 2.05) is 0 Å². The summed E-state index contributed by atoms with van der Waals surface area (Å²) in [6.07, 6.45) is 2.42. The van der Waals surface area contributed by atoms with Gasteiger partial charge in [-0.2, -0.15) is 4.98 Å². The van der Waals surface area contributed by atoms with Crippen LogP contribution in [0.15, 0.2) is 28.8 Å². The highest BCUT2D eigenvalue weighted by molar-refractivity contribution is 5.93. The van der Waals surface area contributed by atoms with Crippen LogP contribution < -0.4 is 5.32 Å². The Labute approximate surface area is 168 Å². The molecule has 0 bridgehead atoms. The number of ether oxygens (including phenoxy) is 1. The summed E-state index contributed by atoms with van der Waals surface area (Å²) in [4.78, 5) is 30.7. The van der Waals surface area contributed by atoms with Crippen LogP contribution in [0.25, 0.3) is 0 Å². The van der Waals surface area contributed by atoms with Crippen molar-refractivity contribution in [2.75, 3.05) is 32.1 Å². The van der Waals surface area contributed by atoms with E-state index in [2.05, 4.69) is 15.5 Å². The van der Waals surface area contributed by atoms with E-state index < -0.39 is 5.82 Å². The number of hydrogen-bond acceptors (Lipinski definition) is 6. The lowest BCUT2D eigenvalue weighted by Crippen LogP contribution is -2.39. The summed E-state index contributed by atoms with van der Waals surface area (Å²) < 4.78 is 23.5. The van der Waals surface area contributed by atoms with Crippen molar-refractivity contribution < 1.29 is 23.2 Å². The Morgan fingerprint density at radius 3 is 3.03 bits per heavy atom. The Morgan fingerprint density at radius 2 is 2.24 bits per heavy atom. The number of hydrogen-bond donors (Lipinski definition) is 1. The molecule has 2 amide bonds. The first kappa shape index (κ1) is 20.9. The quantitative estimate of drug-likeness (QED) is 0.726. The lowest BCUT2D eigenvalue weighted by atomic mass is 9.97. The van der Waals surface area contributed by atoms with E-state index in [0.717, 1.165) is 12.8 Å². The van der Waals surface area contributed by atoms with Gasteiger partial charge in [-0.05, 0) is 31.0 Å². The number of carbonyl (C=O) groups excluding carboxylic acids is 2. The zero-order chi connectivity index (χ0) is 20.6. The van der Waals surface area contributed by atoms with Crippen molar-refractivity contribution in [3.05, 3.63) is 41.8 Å². The Bertz CT molecular complexity index is 841. The van der Waals surface area contributed by atoms with Crippen LogP contribution in [0.4, 0.5) is 10.1 Å². The number of methoxy groups -OCH3 is 1. The Kier molecular flexibility index (Phi) is 7.29. The fourth-order valence-electron chi connectivity index (χ4n) is 3.30. The minimum atomic E-state index is -0.426. The van der Waals surface area contributed by atoms with Crippen LogP contribution in [0.1, 0.15) is 43.3 Å². The maximum Gasteiger partial charge on any atom is 0.231 e. The molecule has 0 spiro atoms. The van der Waals surface area contributed by atoms with Gasteiger partial charge in [0.25, 0.3) is 0 Å². The molecule has 1 fully saturated rings. The molecule has 0 saturated carbocycles. The predicted molar refractivity (Wildman–Crippen MR) is 103 cm³/mol. The molecule has 1 N–H and O–H groups in total. The second-order valence-corrected chi connectivity index (χ2v) is 7.03. The molecule has 1 atom stereocenters. The number of nitrogens with one attached hydrogen (secondary N) is 1. The lowest BCUT2D eigenvalue weighted by Gasteiger charge is -2.31. The maximum atomic E-state index is 13.2. The summed E-state index contributed by atoms with van der Waals surface area (Å²) in [6, 6.07) is 5.65. The highest BCUT2D eigenvalue weighted by Crippen LogP contribution is 2.26. The van der Waals surface area contributed by atoms with Crippen molar-refractivity contribution in [2.45, 2.75) is 38.0 Å². The average molecular weight is 404 g/mol. The smallest absolute Gasteiger partial charge is 0.231 e. The fraction of sp³-hybridized carbons (Fsp3) is 0.500. The second-order valence-electron chi connectivity index (χ2n) is 7.03. The van der Waals surface area contributed by atoms with Crippen LogP contribution in [0.2, 0.25) is 0 Å². The number of rotatable bonds is 8. The predicted octanol–water partition coefficient (Wildman–Crippen LogP) is 2.52.